The van der Waals surface area contributed by atoms with E-state index in [0.717, 1.165) is 12.8 Å². The molecular weight excluding hydrogens is 200 g/mol. The minimum absolute atomic E-state index is 0.0289. The van der Waals surface area contributed by atoms with Crippen molar-refractivity contribution in [3.8, 4) is 0 Å². The Kier molecular flexibility index (Phi) is 7.57. The van der Waals surface area contributed by atoms with E-state index in [-0.39, 0.29) is 12.8 Å². The second-order valence-electron chi connectivity index (χ2n) is 3.22. The molecule has 1 amide bonds. The monoisotopic (exact) mass is 218 g/mol. The molecule has 0 fully saturated rings. The van der Waals surface area contributed by atoms with Crippen LogP contribution in [0.15, 0.2) is 0 Å². The molecule has 1 atom stereocenters. The number of primary amides is 1. The van der Waals surface area contributed by atoms with E-state index in [0.29, 0.717) is 6.61 Å². The molecule has 6 heteroatoms. The molecule has 0 bridgehead atoms. The Balaban J connectivity index is 3.73. The number of hydrogen-bond acceptors (Lipinski definition) is 4. The van der Waals surface area contributed by atoms with Crippen LogP contribution >= 0.6 is 0 Å². The average Bonchev–Trinajstić information content (AvgIpc) is 2.15. The molecule has 0 aromatic heterocycles. The predicted molar refractivity (Wildman–Crippen MR) is 53.8 cm³/mol. The van der Waals surface area contributed by atoms with E-state index in [1.54, 1.807) is 0 Å². The number of amides is 1. The van der Waals surface area contributed by atoms with Gasteiger partial charge in [-0.2, -0.15) is 5.48 Å². The van der Waals surface area contributed by atoms with E-state index in [1.807, 2.05) is 6.92 Å². The summed E-state index contributed by atoms with van der Waals surface area (Å²) in [7, 11) is 0. The first-order valence-corrected chi connectivity index (χ1v) is 4.96. The van der Waals surface area contributed by atoms with Gasteiger partial charge >= 0.3 is 5.97 Å². The molecule has 0 aliphatic carbocycles. The Morgan fingerprint density at radius 2 is 2.20 bits per heavy atom. The maximum Gasteiger partial charge on any atom is 0.323 e. The highest BCUT2D eigenvalue weighted by Crippen LogP contribution is 1.98. The van der Waals surface area contributed by atoms with Crippen LogP contribution in [0.5, 0.6) is 0 Å². The fourth-order valence-corrected chi connectivity index (χ4v) is 0.895. The van der Waals surface area contributed by atoms with Crippen LogP contribution in [0.1, 0.15) is 32.6 Å². The number of carbonyl (C=O) groups is 2. The third-order valence-corrected chi connectivity index (χ3v) is 1.80. The standard InChI is InChI=1S/C9H18N2O4/c1-2-3-6-15-11-7(9(13)14)4-5-8(10)12/h7,11H,2-6H2,1H3,(H2,10,12)(H,13,14)/t7-/m0/s1. The van der Waals surface area contributed by atoms with Gasteiger partial charge in [-0.3, -0.25) is 9.59 Å². The summed E-state index contributed by atoms with van der Waals surface area (Å²) in [5.74, 6) is -1.57. The lowest BCUT2D eigenvalue weighted by Gasteiger charge is -2.13. The van der Waals surface area contributed by atoms with E-state index >= 15 is 0 Å². The number of carbonyl (C=O) groups excluding carboxylic acids is 1. The molecule has 0 saturated heterocycles. The van der Waals surface area contributed by atoms with Gasteiger partial charge in [0.15, 0.2) is 0 Å². The molecule has 0 saturated carbocycles. The van der Waals surface area contributed by atoms with Crippen molar-refractivity contribution in [1.29, 1.82) is 0 Å². The first kappa shape index (κ1) is 13.9. The van der Waals surface area contributed by atoms with Crippen molar-refractivity contribution in [2.24, 2.45) is 5.73 Å². The van der Waals surface area contributed by atoms with E-state index in [9.17, 15) is 9.59 Å². The fourth-order valence-electron chi connectivity index (χ4n) is 0.895. The molecule has 88 valence electrons. The largest absolute Gasteiger partial charge is 0.480 e. The highest BCUT2D eigenvalue weighted by Gasteiger charge is 2.17. The van der Waals surface area contributed by atoms with Crippen molar-refractivity contribution < 1.29 is 19.5 Å². The first-order chi connectivity index (χ1) is 7.07. The Labute approximate surface area is 88.7 Å². The number of carboxylic acid groups (broad SMARTS) is 1. The van der Waals surface area contributed by atoms with Gasteiger partial charge < -0.3 is 15.7 Å². The molecule has 6 nitrogen and oxygen atoms in total. The molecule has 0 aliphatic rings. The van der Waals surface area contributed by atoms with Gasteiger partial charge in [0.25, 0.3) is 0 Å². The second kappa shape index (κ2) is 8.19. The minimum atomic E-state index is -1.05. The molecule has 0 unspecified atom stereocenters. The lowest BCUT2D eigenvalue weighted by Crippen LogP contribution is -2.37. The van der Waals surface area contributed by atoms with E-state index in [1.165, 1.54) is 0 Å². The summed E-state index contributed by atoms with van der Waals surface area (Å²) < 4.78 is 0. The van der Waals surface area contributed by atoms with Gasteiger partial charge in [0.2, 0.25) is 5.91 Å². The lowest BCUT2D eigenvalue weighted by molar-refractivity contribution is -0.144. The SMILES string of the molecule is CCCCON[C@@H](CCC(N)=O)C(=O)O. The van der Waals surface area contributed by atoms with Crippen molar-refractivity contribution in [3.63, 3.8) is 0 Å². The maximum absolute atomic E-state index is 10.7. The zero-order valence-electron chi connectivity index (χ0n) is 8.86. The Morgan fingerprint density at radius 3 is 2.67 bits per heavy atom. The number of unbranched alkanes of at least 4 members (excludes halogenated alkanes) is 1. The van der Waals surface area contributed by atoms with Crippen molar-refractivity contribution in [2.45, 2.75) is 38.6 Å². The van der Waals surface area contributed by atoms with Gasteiger partial charge in [-0.1, -0.05) is 13.3 Å². The number of rotatable bonds is 9. The molecular formula is C9H18N2O4. The van der Waals surface area contributed by atoms with Gasteiger partial charge in [-0.15, -0.1) is 0 Å². The Hall–Kier alpha value is -1.14. The summed E-state index contributed by atoms with van der Waals surface area (Å²) in [6.45, 7) is 2.46. The van der Waals surface area contributed by atoms with Crippen LogP contribution in [0, 0.1) is 0 Å². The predicted octanol–water partition coefficient (Wildman–Crippen LogP) is 0.0264. The normalized spacial score (nSPS) is 12.3. The Bertz CT molecular complexity index is 208. The van der Waals surface area contributed by atoms with E-state index < -0.39 is 17.9 Å². The molecule has 0 heterocycles. The number of aliphatic carboxylic acids is 1. The van der Waals surface area contributed by atoms with Gasteiger partial charge in [0, 0.05) is 6.42 Å². The van der Waals surface area contributed by atoms with Gasteiger partial charge in [0.1, 0.15) is 6.04 Å². The molecule has 15 heavy (non-hydrogen) atoms. The zero-order valence-corrected chi connectivity index (χ0v) is 8.86. The van der Waals surface area contributed by atoms with Crippen molar-refractivity contribution in [2.75, 3.05) is 6.61 Å². The molecule has 0 aliphatic heterocycles. The minimum Gasteiger partial charge on any atom is -0.480 e. The van der Waals surface area contributed by atoms with E-state index in [2.05, 4.69) is 5.48 Å². The highest BCUT2D eigenvalue weighted by atomic mass is 16.6. The summed E-state index contributed by atoms with van der Waals surface area (Å²) in [5.41, 5.74) is 7.32. The second-order valence-corrected chi connectivity index (χ2v) is 3.22. The lowest BCUT2D eigenvalue weighted by atomic mass is 10.1. The van der Waals surface area contributed by atoms with Crippen LogP contribution in [0.25, 0.3) is 0 Å². The van der Waals surface area contributed by atoms with Crippen LogP contribution in [-0.4, -0.2) is 29.6 Å². The number of nitrogens with two attached hydrogens (primary N) is 1. The van der Waals surface area contributed by atoms with Crippen molar-refractivity contribution in [3.05, 3.63) is 0 Å². The van der Waals surface area contributed by atoms with Crippen LogP contribution in [0.3, 0.4) is 0 Å². The van der Waals surface area contributed by atoms with Crippen molar-refractivity contribution >= 4 is 11.9 Å². The van der Waals surface area contributed by atoms with Crippen LogP contribution in [0.2, 0.25) is 0 Å². The fraction of sp³-hybridized carbons (Fsp3) is 0.778. The maximum atomic E-state index is 10.7. The highest BCUT2D eigenvalue weighted by molar-refractivity contribution is 5.77. The number of nitrogens with one attached hydrogen (secondary N) is 1. The van der Waals surface area contributed by atoms with E-state index in [4.69, 9.17) is 15.7 Å². The summed E-state index contributed by atoms with van der Waals surface area (Å²) in [4.78, 5) is 26.1. The van der Waals surface area contributed by atoms with Gasteiger partial charge in [0.05, 0.1) is 6.61 Å². The number of hydroxylamine groups is 1. The molecule has 0 rings (SSSR count). The van der Waals surface area contributed by atoms with Crippen LogP contribution < -0.4 is 11.2 Å². The molecule has 0 aromatic rings. The van der Waals surface area contributed by atoms with Gasteiger partial charge in [-0.25, -0.2) is 0 Å². The average molecular weight is 218 g/mol. The van der Waals surface area contributed by atoms with Gasteiger partial charge in [-0.05, 0) is 12.8 Å². The molecule has 0 aromatic carbocycles. The van der Waals surface area contributed by atoms with Crippen LogP contribution in [-0.2, 0) is 14.4 Å². The molecule has 4 N–H and O–H groups in total. The first-order valence-electron chi connectivity index (χ1n) is 4.96. The summed E-state index contributed by atoms with van der Waals surface area (Å²) in [6, 6.07) is -0.880. The number of carboxylic acids is 1. The molecule has 0 radical (unpaired) electrons. The number of hydrogen-bond donors (Lipinski definition) is 3. The quantitative estimate of drug-likeness (QED) is 0.374. The third-order valence-electron chi connectivity index (χ3n) is 1.80. The van der Waals surface area contributed by atoms with Crippen molar-refractivity contribution in [1.82, 2.24) is 5.48 Å². The third kappa shape index (κ3) is 7.90. The zero-order chi connectivity index (χ0) is 11.7. The smallest absolute Gasteiger partial charge is 0.323 e. The topological polar surface area (TPSA) is 102 Å². The van der Waals surface area contributed by atoms with Crippen LogP contribution in [0.4, 0.5) is 0 Å². The summed E-state index contributed by atoms with van der Waals surface area (Å²) >= 11 is 0. The Morgan fingerprint density at radius 1 is 1.53 bits per heavy atom. The summed E-state index contributed by atoms with van der Waals surface area (Å²) in [6.07, 6.45) is 1.99. The summed E-state index contributed by atoms with van der Waals surface area (Å²) in [5, 5.41) is 8.75. The molecule has 0 spiro atoms.